The van der Waals surface area contributed by atoms with E-state index in [9.17, 15) is 9.59 Å². The van der Waals surface area contributed by atoms with Crippen molar-refractivity contribution in [1.29, 1.82) is 0 Å². The van der Waals surface area contributed by atoms with Crippen LogP contribution >= 0.6 is 59.1 Å². The Morgan fingerprint density at radius 2 is 1.66 bits per heavy atom. The molecule has 1 aromatic heterocycles. The van der Waals surface area contributed by atoms with Crippen molar-refractivity contribution in [3.63, 3.8) is 0 Å². The van der Waals surface area contributed by atoms with Crippen LogP contribution in [0.25, 0.3) is 6.08 Å². The van der Waals surface area contributed by atoms with Gasteiger partial charge in [-0.15, -0.1) is 0 Å². The fraction of sp³-hybridized carbons (Fsp3) is 0.269. The number of esters is 1. The molecular formula is C26H23Br3N2O6S. The van der Waals surface area contributed by atoms with Crippen molar-refractivity contribution < 1.29 is 23.7 Å². The van der Waals surface area contributed by atoms with E-state index in [1.165, 1.54) is 30.1 Å². The molecule has 2 aromatic carbocycles. The summed E-state index contributed by atoms with van der Waals surface area (Å²) in [5.41, 5.74) is 1.85. The lowest BCUT2D eigenvalue weighted by molar-refractivity contribution is -0.139. The number of aromatic nitrogens is 1. The summed E-state index contributed by atoms with van der Waals surface area (Å²) in [6.45, 7) is 3.65. The van der Waals surface area contributed by atoms with Crippen molar-refractivity contribution in [3.8, 4) is 17.2 Å². The third-order valence-electron chi connectivity index (χ3n) is 5.84. The quantitative estimate of drug-likeness (QED) is 0.314. The van der Waals surface area contributed by atoms with E-state index < -0.39 is 12.0 Å². The van der Waals surface area contributed by atoms with Gasteiger partial charge in [-0.1, -0.05) is 27.3 Å². The van der Waals surface area contributed by atoms with E-state index in [1.54, 1.807) is 39.2 Å². The zero-order valence-corrected chi connectivity index (χ0v) is 26.6. The van der Waals surface area contributed by atoms with E-state index in [-0.39, 0.29) is 17.7 Å². The van der Waals surface area contributed by atoms with Gasteiger partial charge in [-0.3, -0.25) is 9.36 Å². The van der Waals surface area contributed by atoms with Crippen LogP contribution in [0.15, 0.2) is 58.7 Å². The number of carbonyl (C=O) groups is 1. The monoisotopic (exact) mass is 728 g/mol. The fourth-order valence-corrected chi connectivity index (χ4v) is 7.31. The highest BCUT2D eigenvalue weighted by atomic mass is 79.9. The number of halogens is 3. The van der Waals surface area contributed by atoms with Crippen LogP contribution in [-0.4, -0.2) is 38.5 Å². The Labute approximate surface area is 248 Å². The number of allylic oxidation sites excluding steroid dienone is 1. The minimum atomic E-state index is -0.809. The molecule has 3 aromatic rings. The molecule has 12 heteroatoms. The summed E-state index contributed by atoms with van der Waals surface area (Å²) >= 11 is 11.9. The summed E-state index contributed by atoms with van der Waals surface area (Å²) in [4.78, 5) is 32.2. The normalized spacial score (nSPS) is 15.2. The molecule has 1 aliphatic rings. The largest absolute Gasteiger partial charge is 0.494 e. The summed E-state index contributed by atoms with van der Waals surface area (Å²) in [5.74, 6) is 1.07. The predicted molar refractivity (Wildman–Crippen MR) is 156 cm³/mol. The Hall–Kier alpha value is -2.41. The lowest BCUT2D eigenvalue weighted by Gasteiger charge is -2.26. The average molecular weight is 731 g/mol. The first-order valence-electron chi connectivity index (χ1n) is 11.3. The maximum absolute atomic E-state index is 13.9. The molecule has 2 heterocycles. The van der Waals surface area contributed by atoms with Crippen molar-refractivity contribution in [2.24, 2.45) is 4.99 Å². The number of carbonyl (C=O) groups excluding carboxylic acids is 1. The first-order valence-corrected chi connectivity index (χ1v) is 14.5. The highest BCUT2D eigenvalue weighted by Gasteiger charge is 2.35. The van der Waals surface area contributed by atoms with Crippen molar-refractivity contribution in [3.05, 3.63) is 79.8 Å². The summed E-state index contributed by atoms with van der Waals surface area (Å²) in [6.07, 6.45) is 1.78. The molecule has 0 bridgehead atoms. The second-order valence-corrected chi connectivity index (χ2v) is 11.6. The molecule has 0 saturated carbocycles. The van der Waals surface area contributed by atoms with Crippen LogP contribution < -0.4 is 29.1 Å². The minimum absolute atomic E-state index is 0.182. The topological polar surface area (TPSA) is 88.4 Å². The van der Waals surface area contributed by atoms with E-state index in [0.29, 0.717) is 42.3 Å². The van der Waals surface area contributed by atoms with E-state index >= 15 is 0 Å². The molecule has 0 spiro atoms. The smallest absolute Gasteiger partial charge is 0.338 e. The van der Waals surface area contributed by atoms with Crippen LogP contribution in [0.5, 0.6) is 17.2 Å². The Bertz CT molecular complexity index is 1620. The van der Waals surface area contributed by atoms with Gasteiger partial charge in [0.1, 0.15) is 5.75 Å². The molecular weight excluding hydrogens is 708 g/mol. The van der Waals surface area contributed by atoms with Crippen LogP contribution in [0.4, 0.5) is 0 Å². The van der Waals surface area contributed by atoms with Crippen LogP contribution in [0.3, 0.4) is 0 Å². The Morgan fingerprint density at radius 1 is 1.03 bits per heavy atom. The lowest BCUT2D eigenvalue weighted by Crippen LogP contribution is -2.40. The summed E-state index contributed by atoms with van der Waals surface area (Å²) in [7, 11) is 4.65. The van der Waals surface area contributed by atoms with Crippen molar-refractivity contribution in [2.45, 2.75) is 19.9 Å². The van der Waals surface area contributed by atoms with Gasteiger partial charge in [0.2, 0.25) is 0 Å². The number of methoxy groups -OCH3 is 3. The van der Waals surface area contributed by atoms with Gasteiger partial charge in [0.05, 0.1) is 58.7 Å². The van der Waals surface area contributed by atoms with E-state index in [0.717, 1.165) is 14.5 Å². The van der Waals surface area contributed by atoms with Gasteiger partial charge in [-0.25, -0.2) is 9.79 Å². The third-order valence-corrected chi connectivity index (χ3v) is 8.68. The number of hydrogen-bond donors (Lipinski definition) is 0. The summed E-state index contributed by atoms with van der Waals surface area (Å²) < 4.78 is 25.8. The summed E-state index contributed by atoms with van der Waals surface area (Å²) in [6, 6.07) is 6.41. The predicted octanol–water partition coefficient (Wildman–Crippen LogP) is 5.11. The molecule has 4 rings (SSSR count). The van der Waals surface area contributed by atoms with Gasteiger partial charge in [-0.05, 0) is 87.2 Å². The molecule has 1 aliphatic heterocycles. The molecule has 0 N–H and O–H groups in total. The van der Waals surface area contributed by atoms with Crippen LogP contribution in [0.1, 0.15) is 31.0 Å². The van der Waals surface area contributed by atoms with Gasteiger partial charge in [0, 0.05) is 4.47 Å². The Balaban J connectivity index is 2.00. The van der Waals surface area contributed by atoms with E-state index in [2.05, 4.69) is 52.8 Å². The molecule has 0 saturated heterocycles. The van der Waals surface area contributed by atoms with Crippen molar-refractivity contribution >= 4 is 71.2 Å². The molecule has 0 radical (unpaired) electrons. The van der Waals surface area contributed by atoms with Gasteiger partial charge in [0.25, 0.3) is 5.56 Å². The fourth-order valence-electron chi connectivity index (χ4n) is 4.17. The first kappa shape index (κ1) is 28.6. The lowest BCUT2D eigenvalue weighted by atomic mass is 9.95. The molecule has 0 fully saturated rings. The number of nitrogens with zero attached hydrogens (tertiary/aromatic N) is 2. The van der Waals surface area contributed by atoms with Crippen LogP contribution in [0.2, 0.25) is 0 Å². The standard InChI is InChI=1S/C26H23Br3N2O6S/c1-6-37-25(33)21-12(2)30-26-31(22(21)14-10-18(34-3)19(35-4)11-15(14)27)24(32)20(38-26)9-13-7-16(28)23(36-5)17(29)8-13/h7-11,22H,6H2,1-5H3/b20-9-/t22-/m1/s1. The van der Waals surface area contributed by atoms with Gasteiger partial charge in [-0.2, -0.15) is 0 Å². The molecule has 38 heavy (non-hydrogen) atoms. The average Bonchev–Trinajstić information content (AvgIpc) is 3.17. The Morgan fingerprint density at radius 3 is 2.24 bits per heavy atom. The minimum Gasteiger partial charge on any atom is -0.494 e. The zero-order valence-electron chi connectivity index (χ0n) is 21.1. The SMILES string of the molecule is CCOC(=O)C1=C(C)N=c2s/c(=C\c3cc(Br)c(OC)c(Br)c3)c(=O)n2[C@@H]1c1cc(OC)c(OC)cc1Br. The van der Waals surface area contributed by atoms with E-state index in [4.69, 9.17) is 18.9 Å². The maximum Gasteiger partial charge on any atom is 0.338 e. The third kappa shape index (κ3) is 5.23. The molecule has 1 atom stereocenters. The number of thiazole rings is 1. The van der Waals surface area contributed by atoms with E-state index in [1.807, 2.05) is 12.1 Å². The molecule has 8 nitrogen and oxygen atoms in total. The van der Waals surface area contributed by atoms with Crippen molar-refractivity contribution in [1.82, 2.24) is 4.57 Å². The number of ether oxygens (including phenoxy) is 4. The van der Waals surface area contributed by atoms with Crippen LogP contribution in [-0.2, 0) is 9.53 Å². The number of hydrogen-bond acceptors (Lipinski definition) is 8. The van der Waals surface area contributed by atoms with Crippen LogP contribution in [0, 0.1) is 0 Å². The summed E-state index contributed by atoms with van der Waals surface area (Å²) in [5, 5.41) is 0. The van der Waals surface area contributed by atoms with Crippen molar-refractivity contribution in [2.75, 3.05) is 27.9 Å². The molecule has 0 unspecified atom stereocenters. The molecule has 200 valence electrons. The molecule has 0 amide bonds. The second-order valence-electron chi connectivity index (χ2n) is 8.05. The highest BCUT2D eigenvalue weighted by molar-refractivity contribution is 9.11. The maximum atomic E-state index is 13.9. The zero-order chi connectivity index (χ0) is 27.7. The number of rotatable bonds is 7. The van der Waals surface area contributed by atoms with Gasteiger partial charge in [0.15, 0.2) is 16.3 Å². The highest BCUT2D eigenvalue weighted by Crippen LogP contribution is 2.41. The second kappa shape index (κ2) is 11.8. The van der Waals surface area contributed by atoms with Gasteiger partial charge >= 0.3 is 5.97 Å². The van der Waals surface area contributed by atoms with Gasteiger partial charge < -0.3 is 18.9 Å². The number of benzene rings is 2. The molecule has 0 aliphatic carbocycles. The Kier molecular flexibility index (Phi) is 8.85. The first-order chi connectivity index (χ1) is 18.1. The number of fused-ring (bicyclic) bond motifs is 1.